The lowest BCUT2D eigenvalue weighted by molar-refractivity contribution is 0.424. The molecule has 0 fully saturated rings. The molecule has 11 heavy (non-hydrogen) atoms. The van der Waals surface area contributed by atoms with Crippen LogP contribution in [0.5, 0.6) is 0 Å². The van der Waals surface area contributed by atoms with Gasteiger partial charge in [0.05, 0.1) is 0 Å². The van der Waals surface area contributed by atoms with Gasteiger partial charge in [-0.1, -0.05) is 26.3 Å². The molecule has 0 radical (unpaired) electrons. The van der Waals surface area contributed by atoms with E-state index in [1.165, 1.54) is 12.8 Å². The number of rotatable bonds is 6. The van der Waals surface area contributed by atoms with E-state index in [0.29, 0.717) is 6.04 Å². The molecule has 0 rings (SSSR count). The van der Waals surface area contributed by atoms with Gasteiger partial charge in [0.15, 0.2) is 0 Å². The van der Waals surface area contributed by atoms with E-state index in [1.54, 1.807) is 0 Å². The normalized spacial score (nSPS) is 15.9. The maximum Gasteiger partial charge on any atom is 0.0134 e. The first kappa shape index (κ1) is 10.7. The summed E-state index contributed by atoms with van der Waals surface area (Å²) >= 11 is 0. The number of nitrogens with one attached hydrogen (secondary N) is 1. The van der Waals surface area contributed by atoms with Crippen LogP contribution in [0.4, 0.5) is 0 Å². The molecule has 0 amide bonds. The van der Waals surface area contributed by atoms with Gasteiger partial charge in [0, 0.05) is 12.6 Å². The van der Waals surface area contributed by atoms with E-state index < -0.39 is 0 Å². The molecule has 0 aliphatic heterocycles. The predicted molar refractivity (Wildman–Crippen MR) is 51.7 cm³/mol. The molecular weight excluding hydrogens is 134 g/mol. The highest BCUT2D eigenvalue weighted by Crippen LogP contribution is 2.08. The summed E-state index contributed by atoms with van der Waals surface area (Å²) in [6.45, 7) is 11.4. The fourth-order valence-corrected chi connectivity index (χ4v) is 1.14. The van der Waals surface area contributed by atoms with Crippen LogP contribution in [-0.4, -0.2) is 12.6 Å². The highest BCUT2D eigenvalue weighted by Gasteiger charge is 2.04. The molecule has 1 nitrogen and oxygen atoms in total. The lowest BCUT2D eigenvalue weighted by atomic mass is 10.0. The van der Waals surface area contributed by atoms with Gasteiger partial charge in [0.25, 0.3) is 0 Å². The summed E-state index contributed by atoms with van der Waals surface area (Å²) in [5.74, 6) is 0.835. The monoisotopic (exact) mass is 155 g/mol. The van der Waals surface area contributed by atoms with Crippen molar-refractivity contribution >= 4 is 0 Å². The van der Waals surface area contributed by atoms with Gasteiger partial charge in [-0.3, -0.25) is 0 Å². The Kier molecular flexibility index (Phi) is 6.24. The lowest BCUT2D eigenvalue weighted by Crippen LogP contribution is -2.27. The maximum atomic E-state index is 3.67. The molecule has 0 aliphatic rings. The van der Waals surface area contributed by atoms with E-state index in [-0.39, 0.29) is 0 Å². The van der Waals surface area contributed by atoms with Crippen LogP contribution in [0.15, 0.2) is 12.7 Å². The molecule has 2 unspecified atom stereocenters. The first-order valence-electron chi connectivity index (χ1n) is 4.55. The van der Waals surface area contributed by atoms with Crippen LogP contribution >= 0.6 is 0 Å². The van der Waals surface area contributed by atoms with Gasteiger partial charge < -0.3 is 5.32 Å². The van der Waals surface area contributed by atoms with Crippen molar-refractivity contribution in [3.63, 3.8) is 0 Å². The van der Waals surface area contributed by atoms with Crippen molar-refractivity contribution in [2.24, 2.45) is 5.92 Å². The number of hydrogen-bond donors (Lipinski definition) is 1. The Morgan fingerprint density at radius 2 is 2.09 bits per heavy atom. The van der Waals surface area contributed by atoms with Gasteiger partial charge in [0.2, 0.25) is 0 Å². The van der Waals surface area contributed by atoms with E-state index in [9.17, 15) is 0 Å². The largest absolute Gasteiger partial charge is 0.311 e. The van der Waals surface area contributed by atoms with Crippen molar-refractivity contribution in [3.05, 3.63) is 12.7 Å². The van der Waals surface area contributed by atoms with Gasteiger partial charge in [-0.15, -0.1) is 6.58 Å². The standard InChI is InChI=1S/C10H21N/c1-5-7-11-10(4)8-9(3)6-2/h5,9-11H,1,6-8H2,2-4H3. The molecule has 0 saturated heterocycles. The zero-order chi connectivity index (χ0) is 8.69. The molecule has 0 aromatic heterocycles. The Morgan fingerprint density at radius 3 is 2.55 bits per heavy atom. The Bertz CT molecular complexity index is 99.0. The zero-order valence-electron chi connectivity index (χ0n) is 8.06. The van der Waals surface area contributed by atoms with E-state index in [1.807, 2.05) is 6.08 Å². The first-order chi connectivity index (χ1) is 5.20. The Labute approximate surface area is 70.9 Å². The quantitative estimate of drug-likeness (QED) is 0.581. The summed E-state index contributed by atoms with van der Waals surface area (Å²) in [6.07, 6.45) is 4.46. The van der Waals surface area contributed by atoms with Crippen molar-refractivity contribution in [2.45, 2.75) is 39.7 Å². The molecule has 1 N–H and O–H groups in total. The van der Waals surface area contributed by atoms with Gasteiger partial charge >= 0.3 is 0 Å². The van der Waals surface area contributed by atoms with Crippen LogP contribution in [0.25, 0.3) is 0 Å². The van der Waals surface area contributed by atoms with Gasteiger partial charge in [-0.25, -0.2) is 0 Å². The highest BCUT2D eigenvalue weighted by atomic mass is 14.9. The molecule has 1 heteroatoms. The van der Waals surface area contributed by atoms with Gasteiger partial charge in [0.1, 0.15) is 0 Å². The molecule has 2 atom stereocenters. The average molecular weight is 155 g/mol. The van der Waals surface area contributed by atoms with Crippen molar-refractivity contribution < 1.29 is 0 Å². The molecule has 0 heterocycles. The van der Waals surface area contributed by atoms with Gasteiger partial charge in [-0.2, -0.15) is 0 Å². The fraction of sp³-hybridized carbons (Fsp3) is 0.800. The molecule has 0 aromatic rings. The van der Waals surface area contributed by atoms with Crippen molar-refractivity contribution in [2.75, 3.05) is 6.54 Å². The molecule has 0 bridgehead atoms. The molecular formula is C10H21N. The smallest absolute Gasteiger partial charge is 0.0134 e. The van der Waals surface area contributed by atoms with Gasteiger partial charge in [-0.05, 0) is 19.3 Å². The minimum absolute atomic E-state index is 0.628. The molecule has 0 aromatic carbocycles. The third-order valence-electron chi connectivity index (χ3n) is 2.06. The van der Waals surface area contributed by atoms with Crippen LogP contribution in [0.1, 0.15) is 33.6 Å². The molecule has 0 aliphatic carbocycles. The van der Waals surface area contributed by atoms with E-state index in [2.05, 4.69) is 32.7 Å². The van der Waals surface area contributed by atoms with Crippen LogP contribution in [-0.2, 0) is 0 Å². The zero-order valence-corrected chi connectivity index (χ0v) is 8.06. The van der Waals surface area contributed by atoms with E-state index in [0.717, 1.165) is 12.5 Å². The summed E-state index contributed by atoms with van der Waals surface area (Å²) in [5, 5.41) is 3.38. The fourth-order valence-electron chi connectivity index (χ4n) is 1.14. The molecule has 66 valence electrons. The van der Waals surface area contributed by atoms with E-state index in [4.69, 9.17) is 0 Å². The van der Waals surface area contributed by atoms with Crippen LogP contribution in [0.2, 0.25) is 0 Å². The Balaban J connectivity index is 3.34. The molecule has 0 spiro atoms. The van der Waals surface area contributed by atoms with Crippen molar-refractivity contribution in [1.82, 2.24) is 5.32 Å². The second-order valence-corrected chi connectivity index (χ2v) is 3.35. The summed E-state index contributed by atoms with van der Waals surface area (Å²) in [7, 11) is 0. The summed E-state index contributed by atoms with van der Waals surface area (Å²) in [5.41, 5.74) is 0. The predicted octanol–water partition coefficient (Wildman–Crippen LogP) is 2.59. The van der Waals surface area contributed by atoms with Crippen molar-refractivity contribution in [3.8, 4) is 0 Å². The third kappa shape index (κ3) is 6.11. The topological polar surface area (TPSA) is 12.0 Å². The highest BCUT2D eigenvalue weighted by molar-refractivity contribution is 4.73. The third-order valence-corrected chi connectivity index (χ3v) is 2.06. The van der Waals surface area contributed by atoms with Crippen molar-refractivity contribution in [1.29, 1.82) is 0 Å². The Hall–Kier alpha value is -0.300. The SMILES string of the molecule is C=CCNC(C)CC(C)CC. The maximum absolute atomic E-state index is 3.67. The summed E-state index contributed by atoms with van der Waals surface area (Å²) < 4.78 is 0. The molecule has 0 saturated carbocycles. The van der Waals surface area contributed by atoms with Crippen LogP contribution in [0, 0.1) is 5.92 Å². The van der Waals surface area contributed by atoms with Crippen LogP contribution < -0.4 is 5.32 Å². The van der Waals surface area contributed by atoms with E-state index >= 15 is 0 Å². The van der Waals surface area contributed by atoms with Crippen LogP contribution in [0.3, 0.4) is 0 Å². The second-order valence-electron chi connectivity index (χ2n) is 3.35. The average Bonchev–Trinajstić information content (AvgIpc) is 2.00. The number of hydrogen-bond acceptors (Lipinski definition) is 1. The second kappa shape index (κ2) is 6.41. The minimum Gasteiger partial charge on any atom is -0.311 e. The Morgan fingerprint density at radius 1 is 1.45 bits per heavy atom. The summed E-state index contributed by atoms with van der Waals surface area (Å²) in [6, 6.07) is 0.628. The minimum atomic E-state index is 0.628. The lowest BCUT2D eigenvalue weighted by Gasteiger charge is -2.16. The first-order valence-corrected chi connectivity index (χ1v) is 4.55. The summed E-state index contributed by atoms with van der Waals surface area (Å²) in [4.78, 5) is 0.